The molecule has 1 unspecified atom stereocenters. The molecule has 1 N–H and O–H groups in total. The molecule has 5 nitrogen and oxygen atoms in total. The number of ether oxygens (including phenoxy) is 1. The van der Waals surface area contributed by atoms with Gasteiger partial charge in [-0.25, -0.2) is 9.97 Å². The number of benzene rings is 2. The number of aromatic nitrogens is 2. The maximum atomic E-state index is 12.8. The third-order valence-corrected chi connectivity index (χ3v) is 4.98. The van der Waals surface area contributed by atoms with Gasteiger partial charge in [0.05, 0.1) is 11.7 Å². The highest BCUT2D eigenvalue weighted by molar-refractivity contribution is 5.95. The minimum Gasteiger partial charge on any atom is -0.491 e. The Morgan fingerprint density at radius 2 is 2.07 bits per heavy atom. The molecule has 142 valence electrons. The molecule has 1 aliphatic rings. The number of nitrogens with zero attached hydrogens (tertiary/aromatic N) is 2. The van der Waals surface area contributed by atoms with Gasteiger partial charge in [0.1, 0.15) is 18.2 Å². The molecular weight excluding hydrogens is 350 g/mol. The number of hydrogen-bond donors (Lipinski definition) is 1. The van der Waals surface area contributed by atoms with Gasteiger partial charge in [-0.05, 0) is 49.1 Å². The average molecular weight is 373 g/mol. The summed E-state index contributed by atoms with van der Waals surface area (Å²) < 4.78 is 5.78. The second kappa shape index (κ2) is 7.80. The maximum Gasteiger partial charge on any atom is 0.251 e. The molecule has 4 rings (SSSR count). The van der Waals surface area contributed by atoms with Crippen molar-refractivity contribution in [3.63, 3.8) is 0 Å². The number of rotatable bonds is 4. The van der Waals surface area contributed by atoms with E-state index in [9.17, 15) is 4.79 Å². The number of carbonyl (C=O) groups excluding carboxylic acids is 1. The first-order valence-electron chi connectivity index (χ1n) is 9.58. The van der Waals surface area contributed by atoms with E-state index in [1.54, 1.807) is 0 Å². The summed E-state index contributed by atoms with van der Waals surface area (Å²) in [7, 11) is 0. The van der Waals surface area contributed by atoms with Crippen molar-refractivity contribution in [2.24, 2.45) is 0 Å². The molecule has 0 radical (unpaired) electrons. The van der Waals surface area contributed by atoms with Crippen LogP contribution in [0.3, 0.4) is 0 Å². The first kappa shape index (κ1) is 18.2. The summed E-state index contributed by atoms with van der Waals surface area (Å²) in [4.78, 5) is 21.7. The van der Waals surface area contributed by atoms with Crippen LogP contribution in [-0.4, -0.2) is 28.5 Å². The van der Waals surface area contributed by atoms with E-state index < -0.39 is 0 Å². The van der Waals surface area contributed by atoms with Crippen LogP contribution in [-0.2, 0) is 12.8 Å². The topological polar surface area (TPSA) is 64.1 Å². The Bertz CT molecular complexity index is 1020. The van der Waals surface area contributed by atoms with Crippen molar-refractivity contribution in [3.05, 3.63) is 77.2 Å². The third-order valence-electron chi connectivity index (χ3n) is 4.98. The Morgan fingerprint density at radius 3 is 2.93 bits per heavy atom. The van der Waals surface area contributed by atoms with Crippen LogP contribution >= 0.6 is 0 Å². The van der Waals surface area contributed by atoms with Gasteiger partial charge < -0.3 is 10.1 Å². The van der Waals surface area contributed by atoms with E-state index >= 15 is 0 Å². The molecule has 2 aromatic carbocycles. The molecule has 3 aromatic rings. The van der Waals surface area contributed by atoms with Gasteiger partial charge in [0, 0.05) is 17.3 Å². The van der Waals surface area contributed by atoms with E-state index in [2.05, 4.69) is 22.2 Å². The van der Waals surface area contributed by atoms with Gasteiger partial charge in [0.15, 0.2) is 0 Å². The van der Waals surface area contributed by atoms with Gasteiger partial charge >= 0.3 is 0 Å². The molecule has 0 fully saturated rings. The highest BCUT2D eigenvalue weighted by Crippen LogP contribution is 2.25. The summed E-state index contributed by atoms with van der Waals surface area (Å²) in [5, 5.41) is 3.10. The number of nitrogens with one attached hydrogen (secondary N) is 1. The first-order chi connectivity index (χ1) is 13.6. The van der Waals surface area contributed by atoms with E-state index in [1.165, 1.54) is 0 Å². The lowest BCUT2D eigenvalue weighted by atomic mass is 10.0. The molecule has 0 saturated carbocycles. The normalized spacial score (nSPS) is 15.4. The Labute approximate surface area is 164 Å². The second-order valence-corrected chi connectivity index (χ2v) is 7.02. The van der Waals surface area contributed by atoms with Crippen LogP contribution in [0.15, 0.2) is 54.7 Å². The van der Waals surface area contributed by atoms with E-state index in [1.807, 2.05) is 61.7 Å². The molecule has 0 saturated heterocycles. The minimum atomic E-state index is -0.0985. The smallest absolute Gasteiger partial charge is 0.251 e. The Balaban J connectivity index is 1.54. The molecule has 2 heterocycles. The standard InChI is InChI=1S/C23H23N3O2/c1-3-16-13-24-15(2)25-22(16)18-8-6-9-19(11-18)23(27)26-20-12-17-7-4-5-10-21(17)28-14-20/h4-11,13,20H,3,12,14H2,1-2H3,(H,26,27). The fourth-order valence-electron chi connectivity index (χ4n) is 3.50. The lowest BCUT2D eigenvalue weighted by molar-refractivity contribution is 0.0915. The maximum absolute atomic E-state index is 12.8. The fraction of sp³-hybridized carbons (Fsp3) is 0.261. The molecule has 5 heteroatoms. The zero-order chi connectivity index (χ0) is 19.5. The van der Waals surface area contributed by atoms with Gasteiger partial charge in [0.2, 0.25) is 0 Å². The van der Waals surface area contributed by atoms with Crippen LogP contribution in [0.4, 0.5) is 0 Å². The van der Waals surface area contributed by atoms with E-state index in [-0.39, 0.29) is 11.9 Å². The van der Waals surface area contributed by atoms with Crippen molar-refractivity contribution in [1.82, 2.24) is 15.3 Å². The van der Waals surface area contributed by atoms with Crippen LogP contribution in [0.25, 0.3) is 11.3 Å². The van der Waals surface area contributed by atoms with Gasteiger partial charge in [-0.3, -0.25) is 4.79 Å². The molecule has 0 aliphatic carbocycles. The van der Waals surface area contributed by atoms with Crippen LogP contribution in [0, 0.1) is 6.92 Å². The van der Waals surface area contributed by atoms with Crippen LogP contribution in [0.1, 0.15) is 34.2 Å². The zero-order valence-electron chi connectivity index (χ0n) is 16.1. The highest BCUT2D eigenvalue weighted by Gasteiger charge is 2.22. The number of aryl methyl sites for hydroxylation is 2. The number of amides is 1. The summed E-state index contributed by atoms with van der Waals surface area (Å²) in [6, 6.07) is 15.5. The summed E-state index contributed by atoms with van der Waals surface area (Å²) in [5.41, 5.74) is 4.63. The molecule has 0 bridgehead atoms. The number of hydrogen-bond acceptors (Lipinski definition) is 4. The monoisotopic (exact) mass is 373 g/mol. The molecule has 1 amide bonds. The van der Waals surface area contributed by atoms with Gasteiger partial charge in [-0.1, -0.05) is 37.3 Å². The van der Waals surface area contributed by atoms with Gasteiger partial charge in [-0.2, -0.15) is 0 Å². The SMILES string of the molecule is CCc1cnc(C)nc1-c1cccc(C(=O)NC2COc3ccccc3C2)c1. The van der Waals surface area contributed by atoms with E-state index in [0.717, 1.165) is 46.8 Å². The Hall–Kier alpha value is -3.21. The van der Waals surface area contributed by atoms with Crippen molar-refractivity contribution in [2.45, 2.75) is 32.7 Å². The molecule has 0 spiro atoms. The lowest BCUT2D eigenvalue weighted by Gasteiger charge is -2.26. The molecule has 1 atom stereocenters. The Kier molecular flexibility index (Phi) is 5.06. The van der Waals surface area contributed by atoms with Crippen molar-refractivity contribution in [1.29, 1.82) is 0 Å². The number of carbonyl (C=O) groups is 1. The number of fused-ring (bicyclic) bond motifs is 1. The summed E-state index contributed by atoms with van der Waals surface area (Å²) >= 11 is 0. The van der Waals surface area contributed by atoms with Crippen LogP contribution < -0.4 is 10.1 Å². The van der Waals surface area contributed by atoms with Crippen molar-refractivity contribution >= 4 is 5.91 Å². The predicted octanol–water partition coefficient (Wildman–Crippen LogP) is 3.75. The average Bonchev–Trinajstić information content (AvgIpc) is 2.73. The Morgan fingerprint density at radius 1 is 1.21 bits per heavy atom. The second-order valence-electron chi connectivity index (χ2n) is 7.02. The van der Waals surface area contributed by atoms with Crippen LogP contribution in [0.2, 0.25) is 0 Å². The van der Waals surface area contributed by atoms with Gasteiger partial charge in [0.25, 0.3) is 5.91 Å². The highest BCUT2D eigenvalue weighted by atomic mass is 16.5. The molecular formula is C23H23N3O2. The lowest BCUT2D eigenvalue weighted by Crippen LogP contribution is -2.42. The van der Waals surface area contributed by atoms with Crippen LogP contribution in [0.5, 0.6) is 5.75 Å². The molecule has 28 heavy (non-hydrogen) atoms. The predicted molar refractivity (Wildman–Crippen MR) is 108 cm³/mol. The van der Waals surface area contributed by atoms with Crippen molar-refractivity contribution in [2.75, 3.05) is 6.61 Å². The van der Waals surface area contributed by atoms with E-state index in [0.29, 0.717) is 12.2 Å². The van der Waals surface area contributed by atoms with E-state index in [4.69, 9.17) is 4.74 Å². The third kappa shape index (κ3) is 3.74. The van der Waals surface area contributed by atoms with Crippen molar-refractivity contribution < 1.29 is 9.53 Å². The summed E-state index contributed by atoms with van der Waals surface area (Å²) in [5.74, 6) is 1.53. The largest absolute Gasteiger partial charge is 0.491 e. The van der Waals surface area contributed by atoms with Crippen molar-refractivity contribution in [3.8, 4) is 17.0 Å². The molecule has 1 aromatic heterocycles. The quantitative estimate of drug-likeness (QED) is 0.757. The fourth-order valence-corrected chi connectivity index (χ4v) is 3.50. The summed E-state index contributed by atoms with van der Waals surface area (Å²) in [6.07, 6.45) is 3.47. The minimum absolute atomic E-state index is 0.0430. The number of para-hydroxylation sites is 1. The zero-order valence-corrected chi connectivity index (χ0v) is 16.1. The molecule has 1 aliphatic heterocycles. The van der Waals surface area contributed by atoms with Gasteiger partial charge in [-0.15, -0.1) is 0 Å². The summed E-state index contributed by atoms with van der Waals surface area (Å²) in [6.45, 7) is 4.43. The first-order valence-corrected chi connectivity index (χ1v) is 9.58.